The van der Waals surface area contributed by atoms with E-state index in [0.29, 0.717) is 42.1 Å². The third-order valence-corrected chi connectivity index (χ3v) is 4.77. The number of benzene rings is 1. The van der Waals surface area contributed by atoms with Crippen LogP contribution in [-0.2, 0) is 20.7 Å². The van der Waals surface area contributed by atoms with E-state index in [9.17, 15) is 14.4 Å². The highest BCUT2D eigenvalue weighted by molar-refractivity contribution is 7.09. The molecule has 0 unspecified atom stereocenters. The van der Waals surface area contributed by atoms with Gasteiger partial charge in [-0.15, -0.1) is 11.3 Å². The highest BCUT2D eigenvalue weighted by Gasteiger charge is 2.20. The summed E-state index contributed by atoms with van der Waals surface area (Å²) >= 11 is 1.35. The minimum Gasteiger partial charge on any atom is -0.490 e. The summed E-state index contributed by atoms with van der Waals surface area (Å²) in [5, 5.41) is 2.46. The van der Waals surface area contributed by atoms with Gasteiger partial charge in [-0.2, -0.15) is 0 Å². The van der Waals surface area contributed by atoms with Crippen molar-refractivity contribution < 1.29 is 33.3 Å². The average Bonchev–Trinajstić information content (AvgIpc) is 3.17. The highest BCUT2D eigenvalue weighted by atomic mass is 32.1. The minimum absolute atomic E-state index is 0.0329. The standard InChI is InChI=1S/C21H27N3O7S/c1-5-28-15-8-14(9-16(29-6-2)20(15)30-7-3)21(27)31-11-18(26)24-23-17(25)10-19-22-13(4)12-32-19/h8-9,12H,5-7,10-11H2,1-4H3,(H,23,25)(H,24,26). The van der Waals surface area contributed by atoms with Crippen LogP contribution in [0.3, 0.4) is 0 Å². The molecule has 10 nitrogen and oxygen atoms in total. The molecule has 174 valence electrons. The maximum atomic E-state index is 12.5. The molecule has 0 aliphatic carbocycles. The molecule has 11 heteroatoms. The van der Waals surface area contributed by atoms with Crippen LogP contribution in [0.25, 0.3) is 0 Å². The lowest BCUT2D eigenvalue weighted by Crippen LogP contribution is -2.44. The number of rotatable bonds is 11. The number of nitrogens with zero attached hydrogens (tertiary/aromatic N) is 1. The fraction of sp³-hybridized carbons (Fsp3) is 0.429. The van der Waals surface area contributed by atoms with Gasteiger partial charge in [0.1, 0.15) is 5.01 Å². The Labute approximate surface area is 190 Å². The summed E-state index contributed by atoms with van der Waals surface area (Å²) in [6.07, 6.45) is 0.0329. The number of hydrogen-bond acceptors (Lipinski definition) is 9. The van der Waals surface area contributed by atoms with Gasteiger partial charge in [0.15, 0.2) is 18.1 Å². The Balaban J connectivity index is 1.94. The van der Waals surface area contributed by atoms with Gasteiger partial charge in [0.25, 0.3) is 5.91 Å². The van der Waals surface area contributed by atoms with Crippen LogP contribution >= 0.6 is 11.3 Å². The van der Waals surface area contributed by atoms with Gasteiger partial charge in [0.05, 0.1) is 31.8 Å². The number of thiazole rings is 1. The number of ether oxygens (including phenoxy) is 4. The van der Waals surface area contributed by atoms with Gasteiger partial charge in [-0.1, -0.05) is 0 Å². The van der Waals surface area contributed by atoms with Crippen molar-refractivity contribution in [2.24, 2.45) is 0 Å². The molecule has 0 saturated heterocycles. The summed E-state index contributed by atoms with van der Waals surface area (Å²) in [5.74, 6) is -0.822. The smallest absolute Gasteiger partial charge is 0.338 e. The van der Waals surface area contributed by atoms with Gasteiger partial charge in [-0.25, -0.2) is 9.78 Å². The molecule has 2 amide bonds. The highest BCUT2D eigenvalue weighted by Crippen LogP contribution is 2.39. The van der Waals surface area contributed by atoms with Gasteiger partial charge >= 0.3 is 5.97 Å². The van der Waals surface area contributed by atoms with Crippen molar-refractivity contribution in [2.75, 3.05) is 26.4 Å². The molecular weight excluding hydrogens is 438 g/mol. The van der Waals surface area contributed by atoms with Crippen LogP contribution in [0.2, 0.25) is 0 Å². The maximum Gasteiger partial charge on any atom is 0.338 e. The van der Waals surface area contributed by atoms with E-state index in [1.54, 1.807) is 13.8 Å². The third kappa shape index (κ3) is 7.41. The van der Waals surface area contributed by atoms with E-state index in [-0.39, 0.29) is 12.0 Å². The van der Waals surface area contributed by atoms with E-state index < -0.39 is 24.4 Å². The van der Waals surface area contributed by atoms with E-state index >= 15 is 0 Å². The number of hydrazine groups is 1. The lowest BCUT2D eigenvalue weighted by atomic mass is 10.2. The maximum absolute atomic E-state index is 12.5. The van der Waals surface area contributed by atoms with Crippen LogP contribution < -0.4 is 25.1 Å². The molecule has 0 radical (unpaired) electrons. The molecule has 1 heterocycles. The first-order chi connectivity index (χ1) is 15.4. The molecule has 2 aromatic rings. The minimum atomic E-state index is -0.755. The van der Waals surface area contributed by atoms with Crippen LogP contribution in [0.15, 0.2) is 17.5 Å². The first-order valence-corrected chi connectivity index (χ1v) is 11.0. The van der Waals surface area contributed by atoms with Crippen molar-refractivity contribution >= 4 is 29.1 Å². The van der Waals surface area contributed by atoms with Crippen LogP contribution in [0.4, 0.5) is 0 Å². The number of aromatic nitrogens is 1. The summed E-state index contributed by atoms with van der Waals surface area (Å²) in [5.41, 5.74) is 5.41. The molecule has 0 bridgehead atoms. The molecule has 0 aliphatic rings. The second-order valence-corrected chi connectivity index (χ2v) is 7.28. The first-order valence-electron chi connectivity index (χ1n) is 10.1. The van der Waals surface area contributed by atoms with Crippen molar-refractivity contribution in [3.8, 4) is 17.2 Å². The monoisotopic (exact) mass is 465 g/mol. The molecule has 2 rings (SSSR count). The predicted octanol–water partition coefficient (Wildman–Crippen LogP) is 2.19. The number of nitrogens with one attached hydrogen (secondary N) is 2. The Bertz CT molecular complexity index is 918. The Hall–Kier alpha value is -3.34. The Kier molecular flexibility index (Phi) is 9.74. The van der Waals surface area contributed by atoms with Crippen molar-refractivity contribution in [2.45, 2.75) is 34.1 Å². The molecule has 0 aliphatic heterocycles. The molecule has 0 atom stereocenters. The Morgan fingerprint density at radius 3 is 2.06 bits per heavy atom. The van der Waals surface area contributed by atoms with Crippen LogP contribution in [0.5, 0.6) is 17.2 Å². The lowest BCUT2D eigenvalue weighted by Gasteiger charge is -2.16. The average molecular weight is 466 g/mol. The molecule has 0 fully saturated rings. The molecule has 32 heavy (non-hydrogen) atoms. The SMILES string of the molecule is CCOc1cc(C(=O)OCC(=O)NNC(=O)Cc2nc(C)cs2)cc(OCC)c1OCC. The van der Waals surface area contributed by atoms with Crippen LogP contribution in [0, 0.1) is 6.92 Å². The molecule has 2 N–H and O–H groups in total. The Morgan fingerprint density at radius 2 is 1.53 bits per heavy atom. The normalized spacial score (nSPS) is 10.2. The predicted molar refractivity (Wildman–Crippen MR) is 117 cm³/mol. The van der Waals surface area contributed by atoms with Gasteiger partial charge in [-0.05, 0) is 39.8 Å². The van der Waals surface area contributed by atoms with E-state index in [1.165, 1.54) is 23.5 Å². The topological polar surface area (TPSA) is 125 Å². The van der Waals surface area contributed by atoms with E-state index in [1.807, 2.05) is 19.2 Å². The summed E-state index contributed by atoms with van der Waals surface area (Å²) in [7, 11) is 0. The van der Waals surface area contributed by atoms with Crippen molar-refractivity contribution in [3.63, 3.8) is 0 Å². The largest absolute Gasteiger partial charge is 0.490 e. The molecule has 1 aromatic carbocycles. The number of esters is 1. The van der Waals surface area contributed by atoms with Crippen molar-refractivity contribution in [3.05, 3.63) is 33.8 Å². The van der Waals surface area contributed by atoms with Crippen LogP contribution in [-0.4, -0.2) is 49.2 Å². The fourth-order valence-corrected chi connectivity index (χ4v) is 3.33. The van der Waals surface area contributed by atoms with Crippen LogP contribution in [0.1, 0.15) is 41.8 Å². The molecule has 1 aromatic heterocycles. The van der Waals surface area contributed by atoms with E-state index in [0.717, 1.165) is 5.69 Å². The number of hydrogen-bond donors (Lipinski definition) is 2. The molecular formula is C21H27N3O7S. The molecule has 0 spiro atoms. The van der Waals surface area contributed by atoms with Crippen molar-refractivity contribution in [1.29, 1.82) is 0 Å². The summed E-state index contributed by atoms with van der Waals surface area (Å²) in [4.78, 5) is 40.4. The van der Waals surface area contributed by atoms with E-state index in [4.69, 9.17) is 18.9 Å². The van der Waals surface area contributed by atoms with Gasteiger partial charge in [0, 0.05) is 11.1 Å². The van der Waals surface area contributed by atoms with Gasteiger partial charge in [-0.3, -0.25) is 20.4 Å². The lowest BCUT2D eigenvalue weighted by molar-refractivity contribution is -0.130. The number of carbonyl (C=O) groups excluding carboxylic acids is 3. The third-order valence-electron chi connectivity index (χ3n) is 3.80. The number of aryl methyl sites for hydroxylation is 1. The summed E-state index contributed by atoms with van der Waals surface area (Å²) in [6.45, 7) is 7.76. The Morgan fingerprint density at radius 1 is 0.938 bits per heavy atom. The number of carbonyl (C=O) groups is 3. The second kappa shape index (κ2) is 12.5. The van der Waals surface area contributed by atoms with Gasteiger partial charge < -0.3 is 18.9 Å². The second-order valence-electron chi connectivity index (χ2n) is 6.33. The summed E-state index contributed by atoms with van der Waals surface area (Å²) < 4.78 is 21.8. The first kappa shape index (κ1) is 24.9. The zero-order chi connectivity index (χ0) is 23.5. The van der Waals surface area contributed by atoms with Crippen molar-refractivity contribution in [1.82, 2.24) is 15.8 Å². The molecule has 0 saturated carbocycles. The zero-order valence-electron chi connectivity index (χ0n) is 18.5. The van der Waals surface area contributed by atoms with E-state index in [2.05, 4.69) is 15.8 Å². The fourth-order valence-electron chi connectivity index (χ4n) is 2.56. The number of amides is 2. The quantitative estimate of drug-likeness (QED) is 0.382. The zero-order valence-corrected chi connectivity index (χ0v) is 19.3. The van der Waals surface area contributed by atoms with Gasteiger partial charge in [0.2, 0.25) is 11.7 Å². The summed E-state index contributed by atoms with van der Waals surface area (Å²) in [6, 6.07) is 2.93.